The number of aryl methyl sites for hydroxylation is 2. The highest BCUT2D eigenvalue weighted by Gasteiger charge is 2.19. The van der Waals surface area contributed by atoms with E-state index in [2.05, 4.69) is 0 Å². The van der Waals surface area contributed by atoms with E-state index in [0.29, 0.717) is 23.8 Å². The molecule has 27 heavy (non-hydrogen) atoms. The molecule has 2 N–H and O–H groups in total. The molecule has 0 unspecified atom stereocenters. The van der Waals surface area contributed by atoms with E-state index < -0.39 is 5.97 Å². The molecule has 0 fully saturated rings. The maximum atomic E-state index is 12.0. The maximum Gasteiger partial charge on any atom is 0.354 e. The van der Waals surface area contributed by atoms with Crippen molar-refractivity contribution in [2.45, 2.75) is 12.8 Å². The number of hydrogen-bond donors (Lipinski definition) is 1. The summed E-state index contributed by atoms with van der Waals surface area (Å²) in [5.74, 6) is 0.978. The van der Waals surface area contributed by atoms with Crippen molar-refractivity contribution in [3.05, 3.63) is 53.7 Å². The number of hydrogen-bond acceptors (Lipinski definition) is 5. The van der Waals surface area contributed by atoms with Gasteiger partial charge in [-0.3, -0.25) is 0 Å². The number of nitrogens with two attached hydrogens (primary N) is 1. The summed E-state index contributed by atoms with van der Waals surface area (Å²) in [4.78, 5) is 12.0. The molecule has 6 nitrogen and oxygen atoms in total. The Bertz CT molecular complexity index is 962. The number of anilines is 1. The van der Waals surface area contributed by atoms with Gasteiger partial charge >= 0.3 is 5.97 Å². The first kappa shape index (κ1) is 18.6. The van der Waals surface area contributed by atoms with Gasteiger partial charge in [0, 0.05) is 18.1 Å². The number of rotatable bonds is 7. The Morgan fingerprint density at radius 3 is 2.56 bits per heavy atom. The molecule has 0 aliphatic rings. The van der Waals surface area contributed by atoms with Crippen LogP contribution in [0, 0.1) is 0 Å². The predicted molar refractivity (Wildman–Crippen MR) is 105 cm³/mol. The standard InChI is InChI=1S/C21H24N2O4/c1-23-17(21(24)26-3)13-15-18(10-11-19(25-2)20(15)23)27-12-6-8-14-7-4-5-9-16(14)22/h4-5,7,9-11,13H,6,8,12,22H2,1-3H3. The minimum absolute atomic E-state index is 0.402. The quantitative estimate of drug-likeness (QED) is 0.392. The Hall–Kier alpha value is -3.15. The summed E-state index contributed by atoms with van der Waals surface area (Å²) >= 11 is 0. The van der Waals surface area contributed by atoms with Crippen LogP contribution >= 0.6 is 0 Å². The smallest absolute Gasteiger partial charge is 0.354 e. The van der Waals surface area contributed by atoms with Crippen molar-refractivity contribution in [3.63, 3.8) is 0 Å². The molecular formula is C21H24N2O4. The largest absolute Gasteiger partial charge is 0.495 e. The van der Waals surface area contributed by atoms with Gasteiger partial charge < -0.3 is 24.5 Å². The van der Waals surface area contributed by atoms with Gasteiger partial charge in [0.1, 0.15) is 17.2 Å². The number of nitrogens with zero attached hydrogens (tertiary/aromatic N) is 1. The van der Waals surface area contributed by atoms with E-state index in [9.17, 15) is 4.79 Å². The number of methoxy groups -OCH3 is 2. The van der Waals surface area contributed by atoms with Gasteiger partial charge in [-0.1, -0.05) is 18.2 Å². The van der Waals surface area contributed by atoms with Crippen LogP contribution in [0.2, 0.25) is 0 Å². The third-order valence-corrected chi connectivity index (χ3v) is 4.64. The lowest BCUT2D eigenvalue weighted by Crippen LogP contribution is -2.07. The Labute approximate surface area is 158 Å². The van der Waals surface area contributed by atoms with E-state index in [-0.39, 0.29) is 0 Å². The summed E-state index contributed by atoms with van der Waals surface area (Å²) in [6, 6.07) is 13.3. The lowest BCUT2D eigenvalue weighted by atomic mass is 10.1. The number of para-hydroxylation sites is 1. The minimum atomic E-state index is -0.402. The SMILES string of the molecule is COC(=O)c1cc2c(OCCCc3ccccc3N)ccc(OC)c2n1C. The second kappa shape index (κ2) is 8.03. The van der Waals surface area contributed by atoms with Crippen LogP contribution in [0.25, 0.3) is 10.9 Å². The molecule has 2 aromatic carbocycles. The van der Waals surface area contributed by atoms with Gasteiger partial charge in [0.15, 0.2) is 0 Å². The molecule has 1 aromatic heterocycles. The van der Waals surface area contributed by atoms with Crippen LogP contribution in [0.5, 0.6) is 11.5 Å². The highest BCUT2D eigenvalue weighted by Crippen LogP contribution is 2.35. The first-order chi connectivity index (χ1) is 13.1. The first-order valence-corrected chi connectivity index (χ1v) is 8.77. The summed E-state index contributed by atoms with van der Waals surface area (Å²) in [5.41, 5.74) is 9.14. The summed E-state index contributed by atoms with van der Waals surface area (Å²) in [7, 11) is 4.77. The Kier molecular flexibility index (Phi) is 5.54. The molecule has 0 aliphatic carbocycles. The molecule has 0 saturated carbocycles. The van der Waals surface area contributed by atoms with Crippen LogP contribution in [-0.2, 0) is 18.2 Å². The predicted octanol–water partition coefficient (Wildman–Crippen LogP) is 3.57. The molecule has 0 bridgehead atoms. The maximum absolute atomic E-state index is 12.0. The number of aromatic nitrogens is 1. The van der Waals surface area contributed by atoms with E-state index in [1.54, 1.807) is 24.8 Å². The summed E-state index contributed by atoms with van der Waals surface area (Å²) in [5, 5.41) is 0.816. The molecule has 0 spiro atoms. The van der Waals surface area contributed by atoms with Crippen LogP contribution in [-0.4, -0.2) is 31.4 Å². The van der Waals surface area contributed by atoms with E-state index in [4.69, 9.17) is 19.9 Å². The van der Waals surface area contributed by atoms with Gasteiger partial charge in [-0.15, -0.1) is 0 Å². The molecule has 0 amide bonds. The zero-order chi connectivity index (χ0) is 19.4. The van der Waals surface area contributed by atoms with Gasteiger partial charge in [-0.2, -0.15) is 0 Å². The third-order valence-electron chi connectivity index (χ3n) is 4.64. The average molecular weight is 368 g/mol. The molecule has 1 heterocycles. The van der Waals surface area contributed by atoms with Crippen molar-refractivity contribution in [2.75, 3.05) is 26.6 Å². The van der Waals surface area contributed by atoms with Crippen LogP contribution in [0.15, 0.2) is 42.5 Å². The average Bonchev–Trinajstić information content (AvgIpc) is 3.04. The molecule has 0 aliphatic heterocycles. The number of carbonyl (C=O) groups is 1. The zero-order valence-corrected chi connectivity index (χ0v) is 15.8. The Morgan fingerprint density at radius 2 is 1.85 bits per heavy atom. The van der Waals surface area contributed by atoms with Crippen molar-refractivity contribution in [1.29, 1.82) is 0 Å². The van der Waals surface area contributed by atoms with Gasteiger partial charge in [0.05, 0.1) is 26.3 Å². The topological polar surface area (TPSA) is 75.7 Å². The molecule has 3 rings (SSSR count). The lowest BCUT2D eigenvalue weighted by Gasteiger charge is -2.11. The summed E-state index contributed by atoms with van der Waals surface area (Å²) < 4.78 is 18.1. The minimum Gasteiger partial charge on any atom is -0.495 e. The van der Waals surface area contributed by atoms with Crippen molar-refractivity contribution >= 4 is 22.6 Å². The highest BCUT2D eigenvalue weighted by atomic mass is 16.5. The van der Waals surface area contributed by atoms with E-state index in [1.165, 1.54) is 7.11 Å². The summed E-state index contributed by atoms with van der Waals surface area (Å²) in [6.07, 6.45) is 1.67. The molecule has 3 aromatic rings. The summed E-state index contributed by atoms with van der Waals surface area (Å²) in [6.45, 7) is 0.540. The van der Waals surface area contributed by atoms with Gasteiger partial charge in [-0.25, -0.2) is 4.79 Å². The van der Waals surface area contributed by atoms with Crippen molar-refractivity contribution in [1.82, 2.24) is 4.57 Å². The number of carbonyl (C=O) groups excluding carboxylic acids is 1. The van der Waals surface area contributed by atoms with Gasteiger partial charge in [0.25, 0.3) is 0 Å². The van der Waals surface area contributed by atoms with E-state index >= 15 is 0 Å². The fourth-order valence-electron chi connectivity index (χ4n) is 3.21. The monoisotopic (exact) mass is 368 g/mol. The second-order valence-corrected chi connectivity index (χ2v) is 6.26. The van der Waals surface area contributed by atoms with Crippen molar-refractivity contribution in [3.8, 4) is 11.5 Å². The number of benzene rings is 2. The fourth-order valence-corrected chi connectivity index (χ4v) is 3.21. The fraction of sp³-hybridized carbons (Fsp3) is 0.286. The number of nitrogen functional groups attached to an aromatic ring is 1. The van der Waals surface area contributed by atoms with Crippen LogP contribution < -0.4 is 15.2 Å². The van der Waals surface area contributed by atoms with Crippen molar-refractivity contribution < 1.29 is 19.0 Å². The molecule has 6 heteroatoms. The molecule has 142 valence electrons. The normalized spacial score (nSPS) is 10.8. The Morgan fingerprint density at radius 1 is 1.11 bits per heavy atom. The molecule has 0 radical (unpaired) electrons. The molecule has 0 atom stereocenters. The zero-order valence-electron chi connectivity index (χ0n) is 15.8. The van der Waals surface area contributed by atoms with Crippen LogP contribution in [0.1, 0.15) is 22.5 Å². The number of esters is 1. The lowest BCUT2D eigenvalue weighted by molar-refractivity contribution is 0.0590. The first-order valence-electron chi connectivity index (χ1n) is 8.77. The van der Waals surface area contributed by atoms with Gasteiger partial charge in [0.2, 0.25) is 0 Å². The van der Waals surface area contributed by atoms with Crippen molar-refractivity contribution in [2.24, 2.45) is 7.05 Å². The van der Waals surface area contributed by atoms with E-state index in [0.717, 1.165) is 35.0 Å². The van der Waals surface area contributed by atoms with Crippen LogP contribution in [0.4, 0.5) is 5.69 Å². The number of ether oxygens (including phenoxy) is 3. The van der Waals surface area contributed by atoms with Crippen LogP contribution in [0.3, 0.4) is 0 Å². The Balaban J connectivity index is 1.80. The third kappa shape index (κ3) is 3.69. The highest BCUT2D eigenvalue weighted by molar-refractivity contribution is 6.00. The molecular weight excluding hydrogens is 344 g/mol. The second-order valence-electron chi connectivity index (χ2n) is 6.26. The van der Waals surface area contributed by atoms with Gasteiger partial charge in [-0.05, 0) is 42.7 Å². The number of fused-ring (bicyclic) bond motifs is 1. The van der Waals surface area contributed by atoms with E-state index in [1.807, 2.05) is 36.4 Å². The molecule has 0 saturated heterocycles.